The minimum absolute atomic E-state index is 0.256. The minimum atomic E-state index is -0.413. The molecule has 27 heavy (non-hydrogen) atoms. The van der Waals surface area contributed by atoms with Gasteiger partial charge in [0.05, 0.1) is 11.7 Å². The third-order valence-electron chi connectivity index (χ3n) is 4.90. The van der Waals surface area contributed by atoms with Crippen LogP contribution in [0, 0.1) is 5.82 Å². The Hall–Kier alpha value is -3.35. The SMILES string of the molecule is Fc1cncc(-c2nc(N[C@@H]3CCc4[nH]ccc4C3)c3ncccc3n2)c1. The average molecular weight is 360 g/mol. The van der Waals surface area contributed by atoms with Crippen molar-refractivity contribution in [1.29, 1.82) is 0 Å². The van der Waals surface area contributed by atoms with Crippen LogP contribution in [0.2, 0.25) is 0 Å². The first-order chi connectivity index (χ1) is 13.3. The van der Waals surface area contributed by atoms with E-state index in [0.29, 0.717) is 28.2 Å². The number of hydrogen-bond acceptors (Lipinski definition) is 5. The Kier molecular flexibility index (Phi) is 3.78. The van der Waals surface area contributed by atoms with Crippen molar-refractivity contribution in [3.63, 3.8) is 0 Å². The molecule has 0 aliphatic heterocycles. The van der Waals surface area contributed by atoms with Gasteiger partial charge in [-0.3, -0.25) is 9.97 Å². The Bertz CT molecular complexity index is 1120. The molecule has 1 aliphatic rings. The van der Waals surface area contributed by atoms with E-state index in [1.54, 1.807) is 12.4 Å². The van der Waals surface area contributed by atoms with E-state index < -0.39 is 5.82 Å². The summed E-state index contributed by atoms with van der Waals surface area (Å²) in [7, 11) is 0. The highest BCUT2D eigenvalue weighted by molar-refractivity contribution is 5.86. The molecule has 1 atom stereocenters. The summed E-state index contributed by atoms with van der Waals surface area (Å²) in [4.78, 5) is 20.9. The lowest BCUT2D eigenvalue weighted by molar-refractivity contribution is 0.604. The lowest BCUT2D eigenvalue weighted by Gasteiger charge is -2.24. The summed E-state index contributed by atoms with van der Waals surface area (Å²) in [6, 6.07) is 7.49. The molecule has 7 heteroatoms. The highest BCUT2D eigenvalue weighted by Crippen LogP contribution is 2.27. The van der Waals surface area contributed by atoms with Crippen molar-refractivity contribution < 1.29 is 4.39 Å². The predicted octanol–water partition coefficient (Wildman–Crippen LogP) is 3.52. The van der Waals surface area contributed by atoms with E-state index in [2.05, 4.69) is 36.3 Å². The number of H-pyrrole nitrogens is 1. The number of pyridine rings is 2. The Labute approximate surface area is 154 Å². The van der Waals surface area contributed by atoms with Gasteiger partial charge in [0.2, 0.25) is 0 Å². The zero-order valence-corrected chi connectivity index (χ0v) is 14.5. The smallest absolute Gasteiger partial charge is 0.163 e. The molecule has 0 unspecified atom stereocenters. The number of aromatic nitrogens is 5. The molecule has 0 amide bonds. The van der Waals surface area contributed by atoms with Gasteiger partial charge in [-0.2, -0.15) is 0 Å². The molecular formula is C20H17FN6. The van der Waals surface area contributed by atoms with Gasteiger partial charge in [0.15, 0.2) is 11.6 Å². The fourth-order valence-electron chi connectivity index (χ4n) is 3.59. The van der Waals surface area contributed by atoms with Gasteiger partial charge >= 0.3 is 0 Å². The lowest BCUT2D eigenvalue weighted by Crippen LogP contribution is -2.27. The molecule has 0 radical (unpaired) electrons. The number of hydrogen-bond donors (Lipinski definition) is 2. The second-order valence-corrected chi connectivity index (χ2v) is 6.72. The van der Waals surface area contributed by atoms with E-state index in [4.69, 9.17) is 0 Å². The Balaban J connectivity index is 1.55. The van der Waals surface area contributed by atoms with Gasteiger partial charge in [-0.05, 0) is 49.1 Å². The van der Waals surface area contributed by atoms with E-state index in [9.17, 15) is 4.39 Å². The number of aryl methyl sites for hydroxylation is 1. The number of halogens is 1. The molecule has 4 heterocycles. The molecule has 2 N–H and O–H groups in total. The zero-order valence-electron chi connectivity index (χ0n) is 14.5. The highest BCUT2D eigenvalue weighted by Gasteiger charge is 2.21. The summed E-state index contributed by atoms with van der Waals surface area (Å²) in [5.74, 6) is 0.691. The van der Waals surface area contributed by atoms with Crippen LogP contribution in [0.15, 0.2) is 49.1 Å². The van der Waals surface area contributed by atoms with E-state index >= 15 is 0 Å². The maximum atomic E-state index is 13.6. The van der Waals surface area contributed by atoms with Gasteiger partial charge in [-0.15, -0.1) is 0 Å². The second kappa shape index (κ2) is 6.42. The first-order valence-corrected chi connectivity index (χ1v) is 8.91. The average Bonchev–Trinajstić information content (AvgIpc) is 3.16. The largest absolute Gasteiger partial charge is 0.365 e. The van der Waals surface area contributed by atoms with E-state index in [-0.39, 0.29) is 6.04 Å². The predicted molar refractivity (Wildman–Crippen MR) is 101 cm³/mol. The molecule has 6 nitrogen and oxygen atoms in total. The number of aromatic amines is 1. The van der Waals surface area contributed by atoms with Gasteiger partial charge in [-0.1, -0.05) is 0 Å². The fraction of sp³-hybridized carbons (Fsp3) is 0.200. The molecule has 4 aromatic rings. The molecule has 4 aromatic heterocycles. The van der Waals surface area contributed by atoms with Crippen LogP contribution in [0.3, 0.4) is 0 Å². The fourth-order valence-corrected chi connectivity index (χ4v) is 3.59. The zero-order chi connectivity index (χ0) is 18.2. The summed E-state index contributed by atoms with van der Waals surface area (Å²) in [6.07, 6.45) is 9.38. The summed E-state index contributed by atoms with van der Waals surface area (Å²) in [6.45, 7) is 0. The molecule has 0 saturated heterocycles. The van der Waals surface area contributed by atoms with Crippen molar-refractivity contribution in [3.8, 4) is 11.4 Å². The maximum absolute atomic E-state index is 13.6. The summed E-state index contributed by atoms with van der Waals surface area (Å²) in [5, 5.41) is 3.54. The summed E-state index contributed by atoms with van der Waals surface area (Å²) in [5.41, 5.74) is 4.61. The normalized spacial score (nSPS) is 16.3. The monoisotopic (exact) mass is 360 g/mol. The second-order valence-electron chi connectivity index (χ2n) is 6.72. The Morgan fingerprint density at radius 2 is 2.15 bits per heavy atom. The van der Waals surface area contributed by atoms with Gasteiger partial charge in [-0.25, -0.2) is 14.4 Å². The van der Waals surface area contributed by atoms with Crippen molar-refractivity contribution in [3.05, 3.63) is 66.1 Å². The van der Waals surface area contributed by atoms with Crippen LogP contribution in [-0.4, -0.2) is 31.0 Å². The number of fused-ring (bicyclic) bond motifs is 2. The van der Waals surface area contributed by atoms with Gasteiger partial charge in [0, 0.05) is 35.9 Å². The first kappa shape index (κ1) is 15.9. The molecular weight excluding hydrogens is 343 g/mol. The molecule has 0 saturated carbocycles. The van der Waals surface area contributed by atoms with Crippen molar-refractivity contribution in [2.45, 2.75) is 25.3 Å². The number of rotatable bonds is 3. The van der Waals surface area contributed by atoms with Gasteiger partial charge < -0.3 is 10.3 Å². The number of anilines is 1. The van der Waals surface area contributed by atoms with E-state index in [1.807, 2.05) is 18.3 Å². The van der Waals surface area contributed by atoms with Gasteiger partial charge in [0.25, 0.3) is 0 Å². The van der Waals surface area contributed by atoms with Crippen molar-refractivity contribution in [1.82, 2.24) is 24.9 Å². The van der Waals surface area contributed by atoms with Crippen molar-refractivity contribution >= 4 is 16.9 Å². The first-order valence-electron chi connectivity index (χ1n) is 8.91. The molecule has 5 rings (SSSR count). The van der Waals surface area contributed by atoms with Crippen LogP contribution in [0.25, 0.3) is 22.4 Å². The highest BCUT2D eigenvalue weighted by atomic mass is 19.1. The van der Waals surface area contributed by atoms with Crippen LogP contribution >= 0.6 is 0 Å². The van der Waals surface area contributed by atoms with Crippen LogP contribution in [0.4, 0.5) is 10.2 Å². The van der Waals surface area contributed by atoms with E-state index in [0.717, 1.165) is 19.3 Å². The lowest BCUT2D eigenvalue weighted by atomic mass is 9.93. The Morgan fingerprint density at radius 3 is 3.07 bits per heavy atom. The standard InChI is InChI=1S/C20H17FN6/c21-14-8-13(10-22-11-14)19-26-17-2-1-6-24-18(17)20(27-19)25-15-3-4-16-12(9-15)5-7-23-16/h1-2,5-8,10-11,15,23H,3-4,9H2,(H,25,26,27)/t15-/m1/s1. The maximum Gasteiger partial charge on any atom is 0.163 e. The van der Waals surface area contributed by atoms with Crippen LogP contribution < -0.4 is 5.32 Å². The van der Waals surface area contributed by atoms with E-state index in [1.165, 1.54) is 23.5 Å². The van der Waals surface area contributed by atoms with Crippen LogP contribution in [-0.2, 0) is 12.8 Å². The van der Waals surface area contributed by atoms with Crippen LogP contribution in [0.1, 0.15) is 17.7 Å². The topological polar surface area (TPSA) is 79.4 Å². The summed E-state index contributed by atoms with van der Waals surface area (Å²) >= 11 is 0. The van der Waals surface area contributed by atoms with Crippen molar-refractivity contribution in [2.75, 3.05) is 5.32 Å². The third kappa shape index (κ3) is 3.01. The molecule has 0 spiro atoms. The molecule has 0 fully saturated rings. The quantitative estimate of drug-likeness (QED) is 0.584. The molecule has 134 valence electrons. The molecule has 0 aromatic carbocycles. The van der Waals surface area contributed by atoms with Gasteiger partial charge in [0.1, 0.15) is 11.3 Å². The number of nitrogens with zero attached hydrogens (tertiary/aromatic N) is 4. The Morgan fingerprint density at radius 1 is 1.19 bits per heavy atom. The minimum Gasteiger partial charge on any atom is -0.365 e. The van der Waals surface area contributed by atoms with Crippen LogP contribution in [0.5, 0.6) is 0 Å². The van der Waals surface area contributed by atoms with Crippen molar-refractivity contribution in [2.24, 2.45) is 0 Å². The third-order valence-corrected chi connectivity index (χ3v) is 4.90. The molecule has 1 aliphatic carbocycles. The number of nitrogens with one attached hydrogen (secondary N) is 2. The summed E-state index contributed by atoms with van der Waals surface area (Å²) < 4.78 is 13.6. The molecule has 0 bridgehead atoms.